The highest BCUT2D eigenvalue weighted by Gasteiger charge is 2.28. The fourth-order valence-corrected chi connectivity index (χ4v) is 12.5. The molecule has 0 saturated heterocycles. The number of rotatable bonds is 19. The number of aromatic nitrogens is 1. The highest BCUT2D eigenvalue weighted by molar-refractivity contribution is 7.87. The van der Waals surface area contributed by atoms with Crippen molar-refractivity contribution >= 4 is 152 Å². The number of nitrogens with zero attached hydrogens (tertiary/aromatic N) is 8. The number of carbonyl (C=O) groups excluding carboxylic acids is 1. The zero-order chi connectivity index (χ0) is 60.4. The summed E-state index contributed by atoms with van der Waals surface area (Å²) in [6.45, 7) is 0.187. The third-order valence-electron chi connectivity index (χ3n) is 11.2. The number of carbonyl (C=O) groups is 1. The van der Waals surface area contributed by atoms with Crippen LogP contribution in [0.4, 0.5) is 54.9 Å². The Morgan fingerprint density at radius 2 is 1.09 bits per heavy atom. The molecule has 0 aliphatic heterocycles. The van der Waals surface area contributed by atoms with Crippen molar-refractivity contribution < 1.29 is 79.9 Å². The maximum atomic E-state index is 13.0. The van der Waals surface area contributed by atoms with E-state index in [2.05, 4.69) is 41.4 Å². The molecule has 0 aliphatic rings. The molecule has 0 fully saturated rings. The molecular formula is C45H35Cl2N11O18S6. The number of hydrogen-bond donors (Lipinski definition) is 10. The second-order valence-corrected chi connectivity index (χ2v) is 25.3. The van der Waals surface area contributed by atoms with Gasteiger partial charge in [-0.1, -0.05) is 46.7 Å². The van der Waals surface area contributed by atoms with Crippen LogP contribution in [0.1, 0.15) is 16.7 Å². The molecule has 5 aromatic carbocycles. The summed E-state index contributed by atoms with van der Waals surface area (Å²) in [6.07, 6.45) is 0. The van der Waals surface area contributed by atoms with Gasteiger partial charge in [-0.3, -0.25) is 22.8 Å². The van der Waals surface area contributed by atoms with E-state index in [0.29, 0.717) is 29.5 Å². The molecule has 0 bridgehead atoms. The Morgan fingerprint density at radius 3 is 1.59 bits per heavy atom. The number of halogens is 2. The number of urea groups is 1. The van der Waals surface area contributed by atoms with Crippen LogP contribution in [-0.2, 0) is 50.6 Å². The molecule has 2 heterocycles. The molecule has 7 aromatic rings. The fraction of sp³-hybridized carbons (Fsp3) is 0.111. The molecule has 2 aromatic heterocycles. The van der Waals surface area contributed by atoms with Crippen LogP contribution in [0.15, 0.2) is 130 Å². The second kappa shape index (κ2) is 24.0. The van der Waals surface area contributed by atoms with Gasteiger partial charge in [0.05, 0.1) is 39.4 Å². The molecule has 0 aliphatic carbocycles. The molecule has 37 heteroatoms. The Morgan fingerprint density at radius 1 is 0.598 bits per heavy atom. The SMILES string of the molecule is Cc1c(C#N)c(Nc2ccc(Cl)c(S(=O)(=O)O)c2)nc(Nc2ccc(Cl)c(S(=O)(=O)O)c2)c1N=Nc1sc(N=Nc2cc(S(=O)(=O)O)c3cc(S(=O)(=O)O)cc(S(=O)(=O)O)c3c2)c(-c2ccc(NC(=O)N(CCO)CCO)cc2)c1C#N. The molecule has 29 nitrogen and oxygen atoms in total. The van der Waals surface area contributed by atoms with Gasteiger partial charge in [0.1, 0.15) is 48.0 Å². The van der Waals surface area contributed by atoms with Gasteiger partial charge in [0.25, 0.3) is 50.6 Å². The largest absolute Gasteiger partial charge is 0.395 e. The maximum Gasteiger partial charge on any atom is 0.321 e. The van der Waals surface area contributed by atoms with Crippen LogP contribution in [0.5, 0.6) is 0 Å². The summed E-state index contributed by atoms with van der Waals surface area (Å²) in [5.74, 6) is -0.658. The number of nitriles is 2. The van der Waals surface area contributed by atoms with E-state index in [1.54, 1.807) is 0 Å². The fourth-order valence-electron chi connectivity index (χ4n) is 7.55. The van der Waals surface area contributed by atoms with Gasteiger partial charge in [-0.2, -0.15) is 52.6 Å². The number of nitrogens with one attached hydrogen (secondary N) is 3. The van der Waals surface area contributed by atoms with E-state index in [4.69, 9.17) is 23.2 Å². The molecule has 82 heavy (non-hydrogen) atoms. The van der Waals surface area contributed by atoms with Gasteiger partial charge in [0.2, 0.25) is 0 Å². The molecule has 0 atom stereocenters. The molecule has 2 amide bonds. The Bertz CT molecular complexity index is 4530. The van der Waals surface area contributed by atoms with Gasteiger partial charge >= 0.3 is 6.03 Å². The first-order chi connectivity index (χ1) is 38.3. The zero-order valence-corrected chi connectivity index (χ0v) is 47.2. The summed E-state index contributed by atoms with van der Waals surface area (Å²) in [5, 5.41) is 62.3. The molecule has 0 radical (unpaired) electrons. The number of aliphatic hydroxyl groups excluding tert-OH is 2. The lowest BCUT2D eigenvalue weighted by molar-refractivity contribution is 0.167. The molecule has 0 spiro atoms. The summed E-state index contributed by atoms with van der Waals surface area (Å²) in [5.41, 5.74) is -1.60. The third kappa shape index (κ3) is 14.0. The number of fused-ring (bicyclic) bond motifs is 1. The number of aliphatic hydroxyl groups is 2. The summed E-state index contributed by atoms with van der Waals surface area (Å²) in [4.78, 5) is 13.4. The molecule has 0 saturated carbocycles. The van der Waals surface area contributed by atoms with Crippen molar-refractivity contribution in [1.82, 2.24) is 9.88 Å². The Hall–Kier alpha value is -7.69. The Kier molecular flexibility index (Phi) is 18.1. The number of azo groups is 2. The first-order valence-electron chi connectivity index (χ1n) is 22.1. The van der Waals surface area contributed by atoms with E-state index >= 15 is 0 Å². The lowest BCUT2D eigenvalue weighted by atomic mass is 10.0. The van der Waals surface area contributed by atoms with Crippen LogP contribution in [0, 0.1) is 29.6 Å². The van der Waals surface area contributed by atoms with Gasteiger partial charge in [-0.25, -0.2) is 9.78 Å². The van der Waals surface area contributed by atoms with Crippen molar-refractivity contribution in [3.63, 3.8) is 0 Å². The Labute approximate surface area is 478 Å². The van der Waals surface area contributed by atoms with Crippen molar-refractivity contribution in [1.29, 1.82) is 10.5 Å². The van der Waals surface area contributed by atoms with Crippen LogP contribution >= 0.6 is 34.5 Å². The van der Waals surface area contributed by atoms with Crippen LogP contribution in [0.2, 0.25) is 10.0 Å². The summed E-state index contributed by atoms with van der Waals surface area (Å²) in [6, 6.07) is 17.4. The van der Waals surface area contributed by atoms with Crippen molar-refractivity contribution in [3.8, 4) is 23.3 Å². The lowest BCUT2D eigenvalue weighted by Gasteiger charge is -2.21. The highest BCUT2D eigenvalue weighted by atomic mass is 35.5. The summed E-state index contributed by atoms with van der Waals surface area (Å²) >= 11 is 12.6. The van der Waals surface area contributed by atoms with Gasteiger partial charge in [-0.15, -0.1) is 20.5 Å². The minimum Gasteiger partial charge on any atom is -0.395 e. The second-order valence-electron chi connectivity index (χ2n) is 16.6. The molecule has 428 valence electrons. The topological polar surface area (TPSA) is 479 Å². The van der Waals surface area contributed by atoms with Crippen LogP contribution < -0.4 is 16.0 Å². The average molecular weight is 1280 g/mol. The van der Waals surface area contributed by atoms with Gasteiger partial charge in [0.15, 0.2) is 16.6 Å². The summed E-state index contributed by atoms with van der Waals surface area (Å²) < 4.78 is 173. The highest BCUT2D eigenvalue weighted by Crippen LogP contribution is 2.49. The predicted octanol–water partition coefficient (Wildman–Crippen LogP) is 8.69. The molecule has 0 unspecified atom stereocenters. The normalized spacial score (nSPS) is 12.4. The lowest BCUT2D eigenvalue weighted by Crippen LogP contribution is -2.38. The summed E-state index contributed by atoms with van der Waals surface area (Å²) in [7, 11) is -26.0. The number of benzene rings is 5. The molecular weight excluding hydrogens is 1250 g/mol. The smallest absolute Gasteiger partial charge is 0.321 e. The van der Waals surface area contributed by atoms with E-state index in [1.165, 1.54) is 43.3 Å². The maximum absolute atomic E-state index is 13.0. The van der Waals surface area contributed by atoms with E-state index in [-0.39, 0.29) is 90.3 Å². The van der Waals surface area contributed by atoms with Crippen LogP contribution in [-0.4, -0.2) is 117 Å². The average Bonchev–Trinajstić information content (AvgIpc) is 2.59. The van der Waals surface area contributed by atoms with Gasteiger partial charge < -0.3 is 31.1 Å². The van der Waals surface area contributed by atoms with Crippen molar-refractivity contribution in [3.05, 3.63) is 112 Å². The quantitative estimate of drug-likeness (QED) is 0.0267. The van der Waals surface area contributed by atoms with E-state index in [9.17, 15) is 90.4 Å². The number of pyridine rings is 1. The monoisotopic (exact) mass is 1280 g/mol. The van der Waals surface area contributed by atoms with Gasteiger partial charge in [0, 0.05) is 52.1 Å². The number of anilines is 5. The minimum atomic E-state index is -5.46. The number of thiophene rings is 1. The standard InChI is InChI=1S/C45H35Cl2N11O18S6/c1-22-31(20-48)41(50-25-6-8-33(46)37(15-25)81(71,72)73)53-42(51-26-7-9-34(47)38(16-26)82(74,75)76)40(22)55-56-43-32(21-49)39(23-2-4-24(5-3-23)52-45(61)58(10-12-59)11-13-60)44(77-43)57-54-27-14-29-30(35(17-27)79(65,66)67)18-28(78(62,63)64)19-36(29)80(68,69)70/h2-9,14-19,59-60H,10-13H2,1H3,(H,52,61)(H2,50,51,53)(H,62,63,64)(H,65,66,67)(H,68,69,70)(H,71,72,73)(H,74,75,76). The number of amides is 2. The van der Waals surface area contributed by atoms with Gasteiger partial charge in [-0.05, 0) is 85.3 Å². The molecule has 7 rings (SSSR count). The van der Waals surface area contributed by atoms with Crippen LogP contribution in [0.25, 0.3) is 21.9 Å². The zero-order valence-electron chi connectivity index (χ0n) is 40.8. The van der Waals surface area contributed by atoms with Crippen molar-refractivity contribution in [2.24, 2.45) is 20.5 Å². The first kappa shape index (κ1) is 61.9. The Balaban J connectivity index is 1.45. The van der Waals surface area contributed by atoms with E-state index in [1.807, 2.05) is 12.1 Å². The van der Waals surface area contributed by atoms with E-state index in [0.717, 1.165) is 35.2 Å². The van der Waals surface area contributed by atoms with Crippen molar-refractivity contribution in [2.75, 3.05) is 42.3 Å². The third-order valence-corrected chi connectivity index (χ3v) is 17.5. The van der Waals surface area contributed by atoms with Crippen molar-refractivity contribution in [2.45, 2.75) is 31.4 Å². The van der Waals surface area contributed by atoms with Crippen LogP contribution in [0.3, 0.4) is 0 Å². The first-order valence-corrected chi connectivity index (χ1v) is 30.9. The molecule has 10 N–H and O–H groups in total. The predicted molar refractivity (Wildman–Crippen MR) is 294 cm³/mol. The van der Waals surface area contributed by atoms with E-state index < -0.39 is 116 Å². The number of hydrogen-bond acceptors (Lipinski definition) is 23. The minimum absolute atomic E-state index is 0.0533.